The van der Waals surface area contributed by atoms with Gasteiger partial charge in [-0.1, -0.05) is 0 Å². The van der Waals surface area contributed by atoms with Gasteiger partial charge in [-0.2, -0.15) is 0 Å². The Labute approximate surface area is 85.1 Å². The van der Waals surface area contributed by atoms with Crippen molar-refractivity contribution >= 4 is 17.1 Å². The SMILES string of the molecule is C[C@H]1CNc2cc(N(C)C)ccc2N1. The van der Waals surface area contributed by atoms with E-state index in [2.05, 4.69) is 54.8 Å². The van der Waals surface area contributed by atoms with Gasteiger partial charge in [-0.25, -0.2) is 0 Å². The molecule has 14 heavy (non-hydrogen) atoms. The first kappa shape index (κ1) is 9.19. The molecule has 0 aromatic heterocycles. The molecule has 0 unspecified atom stereocenters. The first-order valence-corrected chi connectivity index (χ1v) is 4.98. The number of benzene rings is 1. The maximum atomic E-state index is 3.44. The van der Waals surface area contributed by atoms with E-state index in [4.69, 9.17) is 0 Å². The smallest absolute Gasteiger partial charge is 0.0597 e. The first-order valence-electron chi connectivity index (χ1n) is 4.98. The number of fused-ring (bicyclic) bond motifs is 1. The summed E-state index contributed by atoms with van der Waals surface area (Å²) in [6.45, 7) is 3.17. The van der Waals surface area contributed by atoms with Crippen molar-refractivity contribution in [3.8, 4) is 0 Å². The Morgan fingerprint density at radius 2 is 2.07 bits per heavy atom. The molecule has 2 rings (SSSR count). The van der Waals surface area contributed by atoms with Crippen molar-refractivity contribution in [3.63, 3.8) is 0 Å². The van der Waals surface area contributed by atoms with Gasteiger partial charge < -0.3 is 15.5 Å². The van der Waals surface area contributed by atoms with Gasteiger partial charge in [0.1, 0.15) is 0 Å². The van der Waals surface area contributed by atoms with E-state index in [0.717, 1.165) is 6.54 Å². The normalized spacial score (nSPS) is 19.2. The second-order valence-electron chi connectivity index (χ2n) is 4.05. The van der Waals surface area contributed by atoms with Crippen LogP contribution in [0.25, 0.3) is 0 Å². The minimum absolute atomic E-state index is 0.507. The summed E-state index contributed by atoms with van der Waals surface area (Å²) in [7, 11) is 4.11. The van der Waals surface area contributed by atoms with Crippen LogP contribution in [0.2, 0.25) is 0 Å². The molecule has 1 heterocycles. The van der Waals surface area contributed by atoms with E-state index < -0.39 is 0 Å². The van der Waals surface area contributed by atoms with Crippen LogP contribution in [-0.2, 0) is 0 Å². The van der Waals surface area contributed by atoms with Gasteiger partial charge in [0.25, 0.3) is 0 Å². The highest BCUT2D eigenvalue weighted by atomic mass is 15.1. The second-order valence-corrected chi connectivity index (χ2v) is 4.05. The quantitative estimate of drug-likeness (QED) is 0.710. The number of hydrogen-bond donors (Lipinski definition) is 2. The number of hydrogen-bond acceptors (Lipinski definition) is 3. The summed E-state index contributed by atoms with van der Waals surface area (Å²) < 4.78 is 0. The van der Waals surface area contributed by atoms with Gasteiger partial charge in [0.2, 0.25) is 0 Å². The Morgan fingerprint density at radius 1 is 1.29 bits per heavy atom. The lowest BCUT2D eigenvalue weighted by Gasteiger charge is -2.27. The largest absolute Gasteiger partial charge is 0.381 e. The molecule has 3 heteroatoms. The molecule has 1 aliphatic heterocycles. The van der Waals surface area contributed by atoms with Crippen molar-refractivity contribution in [3.05, 3.63) is 18.2 Å². The molecule has 1 atom stereocenters. The predicted molar refractivity (Wildman–Crippen MR) is 62.3 cm³/mol. The summed E-state index contributed by atoms with van der Waals surface area (Å²) in [5.41, 5.74) is 3.64. The van der Waals surface area contributed by atoms with Crippen LogP contribution in [-0.4, -0.2) is 26.7 Å². The van der Waals surface area contributed by atoms with E-state index in [1.807, 2.05) is 0 Å². The lowest BCUT2D eigenvalue weighted by Crippen LogP contribution is -2.30. The average Bonchev–Trinajstić information content (AvgIpc) is 2.16. The van der Waals surface area contributed by atoms with Crippen LogP contribution < -0.4 is 15.5 Å². The minimum Gasteiger partial charge on any atom is -0.381 e. The average molecular weight is 191 g/mol. The van der Waals surface area contributed by atoms with Crippen molar-refractivity contribution < 1.29 is 0 Å². The number of nitrogens with one attached hydrogen (secondary N) is 2. The zero-order valence-corrected chi connectivity index (χ0v) is 8.96. The van der Waals surface area contributed by atoms with Gasteiger partial charge in [-0.05, 0) is 25.1 Å². The summed E-state index contributed by atoms with van der Waals surface area (Å²) in [5.74, 6) is 0. The molecule has 0 aliphatic carbocycles. The molecule has 0 saturated heterocycles. The molecule has 1 aliphatic rings. The highest BCUT2D eigenvalue weighted by Gasteiger charge is 2.13. The van der Waals surface area contributed by atoms with Crippen LogP contribution in [0.4, 0.5) is 17.1 Å². The third-order valence-electron chi connectivity index (χ3n) is 2.52. The molecule has 0 spiro atoms. The molecule has 0 saturated carbocycles. The Balaban J connectivity index is 2.31. The van der Waals surface area contributed by atoms with E-state index in [1.54, 1.807) is 0 Å². The van der Waals surface area contributed by atoms with Gasteiger partial charge in [-0.15, -0.1) is 0 Å². The molecule has 0 radical (unpaired) electrons. The maximum absolute atomic E-state index is 3.44. The molecular weight excluding hydrogens is 174 g/mol. The molecule has 0 amide bonds. The van der Waals surface area contributed by atoms with E-state index in [1.165, 1.54) is 17.1 Å². The third kappa shape index (κ3) is 1.62. The van der Waals surface area contributed by atoms with Crippen LogP contribution in [0.5, 0.6) is 0 Å². The zero-order valence-electron chi connectivity index (χ0n) is 8.96. The number of anilines is 3. The highest BCUT2D eigenvalue weighted by Crippen LogP contribution is 2.29. The van der Waals surface area contributed by atoms with Crippen LogP contribution >= 0.6 is 0 Å². The van der Waals surface area contributed by atoms with Crippen molar-refractivity contribution in [1.29, 1.82) is 0 Å². The fourth-order valence-corrected chi connectivity index (χ4v) is 1.66. The van der Waals surface area contributed by atoms with E-state index in [0.29, 0.717) is 6.04 Å². The lowest BCUT2D eigenvalue weighted by molar-refractivity contribution is 0.817. The fourth-order valence-electron chi connectivity index (χ4n) is 1.66. The molecule has 1 aromatic carbocycles. The molecule has 0 fully saturated rings. The topological polar surface area (TPSA) is 27.3 Å². The van der Waals surface area contributed by atoms with E-state index in [9.17, 15) is 0 Å². The summed E-state index contributed by atoms with van der Waals surface area (Å²) in [6.07, 6.45) is 0. The molecule has 1 aromatic rings. The van der Waals surface area contributed by atoms with Crippen LogP contribution in [0.15, 0.2) is 18.2 Å². The minimum atomic E-state index is 0.507. The third-order valence-corrected chi connectivity index (χ3v) is 2.52. The molecule has 0 bridgehead atoms. The Kier molecular flexibility index (Phi) is 2.23. The summed E-state index contributed by atoms with van der Waals surface area (Å²) in [5, 5.41) is 6.86. The maximum Gasteiger partial charge on any atom is 0.0597 e. The van der Waals surface area contributed by atoms with E-state index in [-0.39, 0.29) is 0 Å². The second kappa shape index (κ2) is 3.40. The molecule has 3 nitrogen and oxygen atoms in total. The Bertz CT molecular complexity index is 333. The van der Waals surface area contributed by atoms with Crippen LogP contribution in [0, 0.1) is 0 Å². The molecule has 2 N–H and O–H groups in total. The van der Waals surface area contributed by atoms with Crippen molar-refractivity contribution in [2.45, 2.75) is 13.0 Å². The van der Waals surface area contributed by atoms with Gasteiger partial charge in [0.15, 0.2) is 0 Å². The van der Waals surface area contributed by atoms with Crippen molar-refractivity contribution in [1.82, 2.24) is 0 Å². The van der Waals surface area contributed by atoms with Gasteiger partial charge >= 0.3 is 0 Å². The lowest BCUT2D eigenvalue weighted by atomic mass is 10.1. The Hall–Kier alpha value is -1.38. The standard InChI is InChI=1S/C11H17N3/c1-8-7-12-11-6-9(14(2)3)4-5-10(11)13-8/h4-6,8,12-13H,7H2,1-3H3/t8-/m0/s1. The van der Waals surface area contributed by atoms with E-state index >= 15 is 0 Å². The van der Waals surface area contributed by atoms with Crippen molar-refractivity contribution in [2.24, 2.45) is 0 Å². The number of nitrogens with zero attached hydrogens (tertiary/aromatic N) is 1. The van der Waals surface area contributed by atoms with Gasteiger partial charge in [-0.3, -0.25) is 0 Å². The van der Waals surface area contributed by atoms with Crippen molar-refractivity contribution in [2.75, 3.05) is 36.2 Å². The molecular formula is C11H17N3. The van der Waals surface area contributed by atoms with Crippen LogP contribution in [0.3, 0.4) is 0 Å². The first-order chi connectivity index (χ1) is 6.66. The monoisotopic (exact) mass is 191 g/mol. The van der Waals surface area contributed by atoms with Gasteiger partial charge in [0.05, 0.1) is 11.4 Å². The summed E-state index contributed by atoms with van der Waals surface area (Å²) >= 11 is 0. The van der Waals surface area contributed by atoms with Crippen LogP contribution in [0.1, 0.15) is 6.92 Å². The summed E-state index contributed by atoms with van der Waals surface area (Å²) in [6, 6.07) is 6.94. The molecule has 76 valence electrons. The summed E-state index contributed by atoms with van der Waals surface area (Å²) in [4.78, 5) is 2.11. The predicted octanol–water partition coefficient (Wildman–Crippen LogP) is 1.98. The highest BCUT2D eigenvalue weighted by molar-refractivity contribution is 5.75. The fraction of sp³-hybridized carbons (Fsp3) is 0.455. The number of rotatable bonds is 1. The van der Waals surface area contributed by atoms with Gasteiger partial charge in [0, 0.05) is 32.4 Å². The zero-order chi connectivity index (χ0) is 10.1. The Morgan fingerprint density at radius 3 is 2.79 bits per heavy atom.